The molecule has 180 valence electrons. The average Bonchev–Trinajstić information content (AvgIpc) is 2.78. The molecule has 0 radical (unpaired) electrons. The van der Waals surface area contributed by atoms with Crippen molar-refractivity contribution in [2.75, 3.05) is 0 Å². The topological polar surface area (TPSA) is 37.3 Å². The Labute approximate surface area is 192 Å². The fraction of sp³-hybridized carbons (Fsp3) is 0.269. The number of alkyl halides is 6. The van der Waals surface area contributed by atoms with E-state index in [4.69, 9.17) is 0 Å². The molecule has 0 heterocycles. The van der Waals surface area contributed by atoms with E-state index < -0.39 is 35.4 Å². The Hall–Kier alpha value is -3.29. The molecule has 0 aliphatic rings. The van der Waals surface area contributed by atoms with Crippen LogP contribution in [0.25, 0.3) is 22.3 Å². The third-order valence-corrected chi connectivity index (χ3v) is 5.64. The molecule has 1 N–H and O–H groups in total. The van der Waals surface area contributed by atoms with Crippen molar-refractivity contribution in [2.24, 2.45) is 0 Å². The van der Waals surface area contributed by atoms with Crippen LogP contribution in [0.1, 0.15) is 48.8 Å². The lowest BCUT2D eigenvalue weighted by Crippen LogP contribution is -2.12. The van der Waals surface area contributed by atoms with Gasteiger partial charge in [-0.2, -0.15) is 26.3 Å². The Bertz CT molecular complexity index is 1130. The van der Waals surface area contributed by atoms with Crippen LogP contribution in [-0.4, -0.2) is 11.1 Å². The van der Waals surface area contributed by atoms with E-state index in [0.29, 0.717) is 40.7 Å². The Kier molecular flexibility index (Phi) is 7.38. The van der Waals surface area contributed by atoms with E-state index >= 15 is 0 Å². The highest BCUT2D eigenvalue weighted by molar-refractivity contribution is 5.86. The predicted octanol–water partition coefficient (Wildman–Crippen LogP) is 8.42. The van der Waals surface area contributed by atoms with Gasteiger partial charge in [0.25, 0.3) is 0 Å². The molecule has 2 nitrogen and oxygen atoms in total. The highest BCUT2D eigenvalue weighted by atomic mass is 19.4. The fourth-order valence-electron chi connectivity index (χ4n) is 3.79. The smallest absolute Gasteiger partial charge is 0.416 e. The van der Waals surface area contributed by atoms with E-state index in [1.807, 2.05) is 6.92 Å². The molecular weight excluding hydrogens is 458 g/mol. The van der Waals surface area contributed by atoms with Crippen molar-refractivity contribution in [1.82, 2.24) is 0 Å². The van der Waals surface area contributed by atoms with Crippen LogP contribution in [0.3, 0.4) is 0 Å². The van der Waals surface area contributed by atoms with Gasteiger partial charge >= 0.3 is 18.3 Å². The van der Waals surface area contributed by atoms with Crippen molar-refractivity contribution in [3.05, 3.63) is 83.4 Å². The number of hydrogen-bond donors (Lipinski definition) is 1. The predicted molar refractivity (Wildman–Crippen MR) is 117 cm³/mol. The van der Waals surface area contributed by atoms with Crippen LogP contribution in [0.5, 0.6) is 0 Å². The zero-order valence-corrected chi connectivity index (χ0v) is 18.2. The molecule has 0 spiro atoms. The number of rotatable bonds is 7. The third-order valence-electron chi connectivity index (χ3n) is 5.64. The Morgan fingerprint density at radius 1 is 0.765 bits per heavy atom. The van der Waals surface area contributed by atoms with Gasteiger partial charge in [0.15, 0.2) is 0 Å². The first kappa shape index (κ1) is 25.3. The van der Waals surface area contributed by atoms with Gasteiger partial charge < -0.3 is 5.11 Å². The summed E-state index contributed by atoms with van der Waals surface area (Å²) >= 11 is 0. The van der Waals surface area contributed by atoms with Crippen LogP contribution in [0, 0.1) is 0 Å². The van der Waals surface area contributed by atoms with Gasteiger partial charge in [-0.15, -0.1) is 0 Å². The number of hydrogen-bond acceptors (Lipinski definition) is 1. The summed E-state index contributed by atoms with van der Waals surface area (Å²) in [6.45, 7) is 1.93. The van der Waals surface area contributed by atoms with Gasteiger partial charge in [0, 0.05) is 0 Å². The summed E-state index contributed by atoms with van der Waals surface area (Å²) in [5, 5.41) is 9.70. The van der Waals surface area contributed by atoms with Crippen LogP contribution in [0.4, 0.5) is 26.3 Å². The Morgan fingerprint density at radius 2 is 1.24 bits per heavy atom. The summed E-state index contributed by atoms with van der Waals surface area (Å²) in [6, 6.07) is 13.6. The van der Waals surface area contributed by atoms with Gasteiger partial charge in [-0.1, -0.05) is 56.2 Å². The van der Waals surface area contributed by atoms with Crippen molar-refractivity contribution >= 4 is 5.97 Å². The van der Waals surface area contributed by atoms with Crippen molar-refractivity contribution < 1.29 is 36.2 Å². The maximum atomic E-state index is 13.0. The maximum absolute atomic E-state index is 13.0. The van der Waals surface area contributed by atoms with Gasteiger partial charge in [-0.3, -0.25) is 4.79 Å². The minimum atomic E-state index is -4.52. The molecule has 8 heteroatoms. The standard InChI is InChI=1S/C26H22F6O2/c1-2-3-4-22(24(33)34)18-9-14-21(16-5-10-19(11-6-16)25(27,28)29)23(15-18)17-7-12-20(13-8-17)26(30,31)32/h5-15,22H,2-4H2,1H3,(H,33,34). The number of carboxylic acid groups (broad SMARTS) is 1. The summed E-state index contributed by atoms with van der Waals surface area (Å²) in [7, 11) is 0. The first-order valence-electron chi connectivity index (χ1n) is 10.6. The van der Waals surface area contributed by atoms with E-state index in [1.54, 1.807) is 18.2 Å². The maximum Gasteiger partial charge on any atom is 0.416 e. The van der Waals surface area contributed by atoms with Gasteiger partial charge in [-0.05, 0) is 64.6 Å². The molecule has 0 bridgehead atoms. The highest BCUT2D eigenvalue weighted by Crippen LogP contribution is 2.38. The summed E-state index contributed by atoms with van der Waals surface area (Å²) in [6.07, 6.45) is -7.18. The number of halogens is 6. The molecule has 34 heavy (non-hydrogen) atoms. The van der Waals surface area contributed by atoms with E-state index in [1.165, 1.54) is 24.3 Å². The summed E-state index contributed by atoms with van der Waals surface area (Å²) in [4.78, 5) is 11.9. The SMILES string of the molecule is CCCCC(C(=O)O)c1ccc(-c2ccc(C(F)(F)F)cc2)c(-c2ccc(C(F)(F)F)cc2)c1. The number of carbonyl (C=O) groups is 1. The van der Waals surface area contributed by atoms with Gasteiger partial charge in [-0.25, -0.2) is 0 Å². The second kappa shape index (κ2) is 9.91. The van der Waals surface area contributed by atoms with Crippen LogP contribution >= 0.6 is 0 Å². The minimum absolute atomic E-state index is 0.387. The Morgan fingerprint density at radius 3 is 1.65 bits per heavy atom. The molecule has 1 atom stereocenters. The molecule has 0 fully saturated rings. The molecule has 1 unspecified atom stereocenters. The first-order chi connectivity index (χ1) is 15.9. The molecule has 0 aromatic heterocycles. The zero-order chi connectivity index (χ0) is 25.1. The Balaban J connectivity index is 2.14. The molecule has 0 saturated carbocycles. The van der Waals surface area contributed by atoms with Gasteiger partial charge in [0.2, 0.25) is 0 Å². The van der Waals surface area contributed by atoms with Crippen molar-refractivity contribution in [1.29, 1.82) is 0 Å². The van der Waals surface area contributed by atoms with Crippen molar-refractivity contribution in [3.63, 3.8) is 0 Å². The third kappa shape index (κ3) is 5.79. The lowest BCUT2D eigenvalue weighted by atomic mass is 9.87. The van der Waals surface area contributed by atoms with E-state index in [-0.39, 0.29) is 0 Å². The van der Waals surface area contributed by atoms with E-state index in [0.717, 1.165) is 30.7 Å². The molecule has 0 saturated heterocycles. The average molecular weight is 480 g/mol. The quantitative estimate of drug-likeness (QED) is 0.345. The largest absolute Gasteiger partial charge is 0.481 e. The summed E-state index contributed by atoms with van der Waals surface area (Å²) in [5.41, 5.74) is 0.556. The molecule has 0 aliphatic carbocycles. The normalized spacial score (nSPS) is 13.0. The van der Waals surface area contributed by atoms with Gasteiger partial charge in [0.1, 0.15) is 0 Å². The molecular formula is C26H22F6O2. The minimum Gasteiger partial charge on any atom is -0.481 e. The summed E-state index contributed by atoms with van der Waals surface area (Å²) < 4.78 is 78.0. The van der Waals surface area contributed by atoms with E-state index in [9.17, 15) is 36.2 Å². The monoisotopic (exact) mass is 480 g/mol. The molecule has 3 aromatic rings. The molecule has 3 rings (SSSR count). The van der Waals surface area contributed by atoms with Crippen LogP contribution < -0.4 is 0 Å². The van der Waals surface area contributed by atoms with Crippen molar-refractivity contribution in [2.45, 2.75) is 44.5 Å². The van der Waals surface area contributed by atoms with Crippen LogP contribution in [0.15, 0.2) is 66.7 Å². The van der Waals surface area contributed by atoms with E-state index in [2.05, 4.69) is 0 Å². The number of carboxylic acids is 1. The van der Waals surface area contributed by atoms with Crippen LogP contribution in [0.2, 0.25) is 0 Å². The van der Waals surface area contributed by atoms with Crippen LogP contribution in [-0.2, 0) is 17.1 Å². The molecule has 3 aromatic carbocycles. The number of aliphatic carboxylic acids is 1. The molecule has 0 amide bonds. The second-order valence-electron chi connectivity index (χ2n) is 7.99. The fourth-order valence-corrected chi connectivity index (χ4v) is 3.79. The zero-order valence-electron chi connectivity index (χ0n) is 18.2. The van der Waals surface area contributed by atoms with Gasteiger partial charge in [0.05, 0.1) is 17.0 Å². The second-order valence-corrected chi connectivity index (χ2v) is 7.99. The molecule has 0 aliphatic heterocycles. The lowest BCUT2D eigenvalue weighted by Gasteiger charge is -2.18. The van der Waals surface area contributed by atoms with Crippen molar-refractivity contribution in [3.8, 4) is 22.3 Å². The first-order valence-corrected chi connectivity index (χ1v) is 10.6. The number of unbranched alkanes of at least 4 members (excludes halogenated alkanes) is 1. The number of benzene rings is 3. The lowest BCUT2D eigenvalue weighted by molar-refractivity contribution is -0.139. The highest BCUT2D eigenvalue weighted by Gasteiger charge is 2.31. The summed E-state index contributed by atoms with van der Waals surface area (Å²) in [5.74, 6) is -1.83.